The van der Waals surface area contributed by atoms with Crippen LogP contribution in [0.3, 0.4) is 0 Å². The molecule has 1 N–H and O–H groups in total. The number of anilines is 1. The van der Waals surface area contributed by atoms with Gasteiger partial charge in [-0.2, -0.15) is 0 Å². The number of halogens is 3. The summed E-state index contributed by atoms with van der Waals surface area (Å²) in [7, 11) is 1.53. The Morgan fingerprint density at radius 3 is 2.35 bits per heavy atom. The van der Waals surface area contributed by atoms with Crippen molar-refractivity contribution in [3.63, 3.8) is 0 Å². The van der Waals surface area contributed by atoms with Crippen molar-refractivity contribution in [2.45, 2.75) is 19.9 Å². The van der Waals surface area contributed by atoms with Crippen LogP contribution in [0.5, 0.6) is 0 Å². The van der Waals surface area contributed by atoms with Crippen molar-refractivity contribution < 1.29 is 17.9 Å². The summed E-state index contributed by atoms with van der Waals surface area (Å²) in [5.74, 6) is -3.69. The van der Waals surface area contributed by atoms with Crippen LogP contribution in [-0.4, -0.2) is 19.8 Å². The molecule has 0 saturated heterocycles. The van der Waals surface area contributed by atoms with Gasteiger partial charge in [0.05, 0.1) is 18.3 Å². The van der Waals surface area contributed by atoms with Crippen LogP contribution in [0.4, 0.5) is 18.9 Å². The first-order chi connectivity index (χ1) is 7.97. The van der Waals surface area contributed by atoms with Gasteiger partial charge >= 0.3 is 0 Å². The molecule has 2 nitrogen and oxygen atoms in total. The van der Waals surface area contributed by atoms with Gasteiger partial charge in [-0.1, -0.05) is 13.8 Å². The molecule has 0 fully saturated rings. The van der Waals surface area contributed by atoms with Gasteiger partial charge < -0.3 is 10.1 Å². The van der Waals surface area contributed by atoms with Gasteiger partial charge in [-0.3, -0.25) is 0 Å². The molecule has 0 aliphatic carbocycles. The van der Waals surface area contributed by atoms with E-state index in [-0.39, 0.29) is 17.6 Å². The Labute approximate surface area is 98.8 Å². The minimum atomic E-state index is -1.46. The first kappa shape index (κ1) is 13.8. The van der Waals surface area contributed by atoms with E-state index in [9.17, 15) is 13.2 Å². The molecular weight excluding hydrogens is 231 g/mol. The molecule has 96 valence electrons. The molecule has 0 saturated carbocycles. The Hall–Kier alpha value is -1.23. The van der Waals surface area contributed by atoms with Gasteiger partial charge in [0.2, 0.25) is 0 Å². The molecule has 1 aromatic carbocycles. The highest BCUT2D eigenvalue weighted by molar-refractivity contribution is 5.46. The monoisotopic (exact) mass is 247 g/mol. The van der Waals surface area contributed by atoms with Crippen molar-refractivity contribution >= 4 is 5.69 Å². The van der Waals surface area contributed by atoms with Crippen LogP contribution >= 0.6 is 0 Å². The smallest absolute Gasteiger partial charge is 0.196 e. The average molecular weight is 247 g/mol. The number of hydrogen-bond acceptors (Lipinski definition) is 2. The number of ether oxygens (including phenoxy) is 1. The molecule has 17 heavy (non-hydrogen) atoms. The van der Waals surface area contributed by atoms with E-state index in [4.69, 9.17) is 4.74 Å². The molecule has 0 radical (unpaired) electrons. The van der Waals surface area contributed by atoms with Crippen molar-refractivity contribution in [1.29, 1.82) is 0 Å². The fourth-order valence-electron chi connectivity index (χ4n) is 1.42. The highest BCUT2D eigenvalue weighted by Gasteiger charge is 2.18. The van der Waals surface area contributed by atoms with Crippen molar-refractivity contribution in [3.05, 3.63) is 29.6 Å². The second-order valence-electron chi connectivity index (χ2n) is 4.17. The molecule has 1 rings (SSSR count). The van der Waals surface area contributed by atoms with Gasteiger partial charge in [0.25, 0.3) is 0 Å². The third kappa shape index (κ3) is 3.36. The molecule has 1 atom stereocenters. The topological polar surface area (TPSA) is 21.3 Å². The molecule has 1 aromatic rings. The predicted octanol–water partition coefficient (Wildman–Crippen LogP) is 3.19. The van der Waals surface area contributed by atoms with Gasteiger partial charge in [0.15, 0.2) is 17.5 Å². The van der Waals surface area contributed by atoms with E-state index in [2.05, 4.69) is 5.32 Å². The fourth-order valence-corrected chi connectivity index (χ4v) is 1.42. The second kappa shape index (κ2) is 5.91. The van der Waals surface area contributed by atoms with E-state index in [0.29, 0.717) is 6.61 Å². The number of methoxy groups -OCH3 is 1. The minimum Gasteiger partial charge on any atom is -0.383 e. The molecule has 0 amide bonds. The predicted molar refractivity (Wildman–Crippen MR) is 60.4 cm³/mol. The third-order valence-corrected chi connectivity index (χ3v) is 2.53. The lowest BCUT2D eigenvalue weighted by molar-refractivity contribution is 0.171. The number of hydrogen-bond donors (Lipinski definition) is 1. The highest BCUT2D eigenvalue weighted by Crippen LogP contribution is 2.21. The summed E-state index contributed by atoms with van der Waals surface area (Å²) >= 11 is 0. The van der Waals surface area contributed by atoms with Gasteiger partial charge in [0.1, 0.15) is 0 Å². The number of benzene rings is 1. The van der Waals surface area contributed by atoms with Crippen LogP contribution in [-0.2, 0) is 4.74 Å². The summed E-state index contributed by atoms with van der Waals surface area (Å²) in [6.07, 6.45) is 0. The third-order valence-electron chi connectivity index (χ3n) is 2.53. The zero-order valence-electron chi connectivity index (χ0n) is 10.1. The van der Waals surface area contributed by atoms with Crippen LogP contribution in [0.25, 0.3) is 0 Å². The number of nitrogens with one attached hydrogen (secondary N) is 1. The van der Waals surface area contributed by atoms with Crippen molar-refractivity contribution in [3.8, 4) is 0 Å². The van der Waals surface area contributed by atoms with E-state index >= 15 is 0 Å². The first-order valence-electron chi connectivity index (χ1n) is 5.36. The molecule has 0 heterocycles. The Morgan fingerprint density at radius 2 is 1.82 bits per heavy atom. The SMILES string of the molecule is COCC(Nc1ccc(F)c(F)c1F)C(C)C. The summed E-state index contributed by atoms with van der Waals surface area (Å²) in [6.45, 7) is 4.21. The zero-order valence-corrected chi connectivity index (χ0v) is 10.1. The molecule has 0 aliphatic rings. The Balaban J connectivity index is 2.90. The standard InChI is InChI=1S/C12H16F3NO/c1-7(2)10(6-17-3)16-9-5-4-8(13)11(14)12(9)15/h4-5,7,10,16H,6H2,1-3H3. The van der Waals surface area contributed by atoms with Crippen molar-refractivity contribution in [2.75, 3.05) is 19.0 Å². The molecule has 5 heteroatoms. The fraction of sp³-hybridized carbons (Fsp3) is 0.500. The average Bonchev–Trinajstić information content (AvgIpc) is 2.28. The van der Waals surface area contributed by atoms with E-state index in [1.807, 2.05) is 13.8 Å². The maximum absolute atomic E-state index is 13.4. The minimum absolute atomic E-state index is 0.0559. The normalized spacial score (nSPS) is 12.9. The van der Waals surface area contributed by atoms with E-state index in [1.165, 1.54) is 13.2 Å². The summed E-state index contributed by atoms with van der Waals surface area (Å²) in [5, 5.41) is 2.81. The van der Waals surface area contributed by atoms with Crippen LogP contribution < -0.4 is 5.32 Å². The molecule has 0 aromatic heterocycles. The number of rotatable bonds is 5. The van der Waals surface area contributed by atoms with Gasteiger partial charge in [0, 0.05) is 7.11 Å². The quantitative estimate of drug-likeness (QED) is 0.807. The maximum atomic E-state index is 13.4. The lowest BCUT2D eigenvalue weighted by Gasteiger charge is -2.23. The van der Waals surface area contributed by atoms with Gasteiger partial charge in [-0.05, 0) is 18.1 Å². The largest absolute Gasteiger partial charge is 0.383 e. The van der Waals surface area contributed by atoms with E-state index < -0.39 is 17.5 Å². The van der Waals surface area contributed by atoms with Crippen LogP contribution in [0.1, 0.15) is 13.8 Å². The first-order valence-corrected chi connectivity index (χ1v) is 5.36. The zero-order chi connectivity index (χ0) is 13.0. The van der Waals surface area contributed by atoms with Crippen molar-refractivity contribution in [2.24, 2.45) is 5.92 Å². The molecular formula is C12H16F3NO. The molecule has 0 spiro atoms. The summed E-state index contributed by atoms with van der Waals surface area (Å²) < 4.78 is 44.1. The molecule has 0 aliphatic heterocycles. The molecule has 0 bridgehead atoms. The summed E-state index contributed by atoms with van der Waals surface area (Å²) in [5.41, 5.74) is -0.0559. The van der Waals surface area contributed by atoms with Crippen LogP contribution in [0, 0.1) is 23.4 Å². The second-order valence-corrected chi connectivity index (χ2v) is 4.17. The van der Waals surface area contributed by atoms with Crippen LogP contribution in [0.15, 0.2) is 12.1 Å². The maximum Gasteiger partial charge on any atom is 0.196 e. The lowest BCUT2D eigenvalue weighted by atomic mass is 10.0. The highest BCUT2D eigenvalue weighted by atomic mass is 19.2. The Morgan fingerprint density at radius 1 is 1.18 bits per heavy atom. The van der Waals surface area contributed by atoms with Crippen molar-refractivity contribution in [1.82, 2.24) is 0 Å². The van der Waals surface area contributed by atoms with E-state index in [1.54, 1.807) is 0 Å². The Kier molecular flexibility index (Phi) is 4.81. The molecule has 1 unspecified atom stereocenters. The lowest BCUT2D eigenvalue weighted by Crippen LogP contribution is -2.31. The van der Waals surface area contributed by atoms with E-state index in [0.717, 1.165) is 6.07 Å². The van der Waals surface area contributed by atoms with Crippen LogP contribution in [0.2, 0.25) is 0 Å². The summed E-state index contributed by atoms with van der Waals surface area (Å²) in [4.78, 5) is 0. The van der Waals surface area contributed by atoms with Gasteiger partial charge in [-0.15, -0.1) is 0 Å². The Bertz CT molecular complexity index is 382. The summed E-state index contributed by atoms with van der Waals surface area (Å²) in [6, 6.07) is 1.91. The van der Waals surface area contributed by atoms with Gasteiger partial charge in [-0.25, -0.2) is 13.2 Å².